The van der Waals surface area contributed by atoms with E-state index in [4.69, 9.17) is 0 Å². The molecule has 6 heteroatoms. The van der Waals surface area contributed by atoms with Crippen molar-refractivity contribution in [3.63, 3.8) is 0 Å². The van der Waals surface area contributed by atoms with Crippen molar-refractivity contribution in [2.75, 3.05) is 23.8 Å². The molecule has 1 aliphatic carbocycles. The van der Waals surface area contributed by atoms with Crippen molar-refractivity contribution in [3.8, 4) is 6.07 Å². The summed E-state index contributed by atoms with van der Waals surface area (Å²) in [5, 5.41) is 12.5. The van der Waals surface area contributed by atoms with Gasteiger partial charge in [0, 0.05) is 18.4 Å². The Balaban J connectivity index is 1.75. The Labute approximate surface area is 146 Å². The van der Waals surface area contributed by atoms with Crippen LogP contribution in [0.5, 0.6) is 0 Å². The molecule has 25 heavy (non-hydrogen) atoms. The van der Waals surface area contributed by atoms with Gasteiger partial charge in [0.2, 0.25) is 5.91 Å². The number of nitriles is 1. The molecule has 1 amide bonds. The maximum atomic E-state index is 13.0. The van der Waals surface area contributed by atoms with E-state index in [-0.39, 0.29) is 18.3 Å². The number of carbonyl (C=O) groups is 1. The number of hydrogen-bond acceptors (Lipinski definition) is 4. The highest BCUT2D eigenvalue weighted by Crippen LogP contribution is 2.30. The fourth-order valence-corrected chi connectivity index (χ4v) is 3.19. The van der Waals surface area contributed by atoms with Crippen LogP contribution in [0.1, 0.15) is 28.8 Å². The van der Waals surface area contributed by atoms with E-state index in [1.165, 1.54) is 17.0 Å². The second-order valence-corrected chi connectivity index (χ2v) is 6.13. The zero-order chi connectivity index (χ0) is 18.0. The Hall–Kier alpha value is -2.94. The van der Waals surface area contributed by atoms with E-state index >= 15 is 0 Å². The van der Waals surface area contributed by atoms with Gasteiger partial charge in [-0.15, -0.1) is 0 Å². The Kier molecular flexibility index (Phi) is 4.66. The van der Waals surface area contributed by atoms with Crippen LogP contribution in [0, 0.1) is 24.1 Å². The second kappa shape index (κ2) is 6.89. The lowest BCUT2D eigenvalue weighted by Crippen LogP contribution is -2.32. The van der Waals surface area contributed by atoms with Gasteiger partial charge in [0.25, 0.3) is 0 Å². The number of hydrogen-bond donors (Lipinski definition) is 1. The minimum Gasteiger partial charge on any atom is -0.360 e. The number of aryl methyl sites for hydroxylation is 1. The zero-order valence-electron chi connectivity index (χ0n) is 14.3. The molecule has 0 atom stereocenters. The van der Waals surface area contributed by atoms with E-state index in [0.29, 0.717) is 17.1 Å². The molecule has 0 radical (unpaired) electrons. The molecule has 0 aliphatic heterocycles. The van der Waals surface area contributed by atoms with E-state index in [0.717, 1.165) is 36.1 Å². The van der Waals surface area contributed by atoms with Crippen LogP contribution in [0.3, 0.4) is 0 Å². The lowest BCUT2D eigenvalue weighted by Gasteiger charge is -2.18. The molecule has 0 spiro atoms. The number of likely N-dealkylation sites (N-methyl/N-ethyl adjacent to an activating group) is 1. The number of halogens is 1. The quantitative estimate of drug-likeness (QED) is 0.930. The Morgan fingerprint density at radius 3 is 2.68 bits per heavy atom. The van der Waals surface area contributed by atoms with Gasteiger partial charge in [0.15, 0.2) is 0 Å². The first kappa shape index (κ1) is 16.9. The van der Waals surface area contributed by atoms with E-state index in [2.05, 4.69) is 16.4 Å². The molecule has 0 saturated heterocycles. The molecular weight excluding hydrogens is 319 g/mol. The standard InChI is InChI=1S/C19H19FN4O/c1-12-15-4-3-5-16(15)17(10-21)19(23-12)22-11-18(25)24(2)14-8-6-13(20)7-9-14/h6-9H,3-5,11H2,1-2H3,(H,22,23). The first-order valence-electron chi connectivity index (χ1n) is 8.19. The predicted octanol–water partition coefficient (Wildman–Crippen LogP) is 2.96. The van der Waals surface area contributed by atoms with Gasteiger partial charge < -0.3 is 10.2 Å². The number of carbonyl (C=O) groups excluding carboxylic acids is 1. The second-order valence-electron chi connectivity index (χ2n) is 6.13. The molecule has 2 aromatic rings. The summed E-state index contributed by atoms with van der Waals surface area (Å²) in [6.45, 7) is 1.94. The van der Waals surface area contributed by atoms with Crippen LogP contribution in [0.2, 0.25) is 0 Å². The number of rotatable bonds is 4. The lowest BCUT2D eigenvalue weighted by molar-refractivity contribution is -0.116. The summed E-state index contributed by atoms with van der Waals surface area (Å²) < 4.78 is 13.0. The molecular formula is C19H19FN4O. The van der Waals surface area contributed by atoms with Crippen molar-refractivity contribution in [3.05, 3.63) is 52.5 Å². The summed E-state index contributed by atoms with van der Waals surface area (Å²) in [7, 11) is 1.63. The summed E-state index contributed by atoms with van der Waals surface area (Å²) in [6.07, 6.45) is 2.86. The number of benzene rings is 1. The molecule has 128 valence electrons. The van der Waals surface area contributed by atoms with Crippen molar-refractivity contribution in [2.24, 2.45) is 0 Å². The highest BCUT2D eigenvalue weighted by Gasteiger charge is 2.22. The first-order chi connectivity index (χ1) is 12.0. The normalized spacial score (nSPS) is 12.4. The molecule has 1 aromatic heterocycles. The molecule has 3 rings (SSSR count). The van der Waals surface area contributed by atoms with E-state index in [1.54, 1.807) is 19.2 Å². The molecule has 1 aromatic carbocycles. The number of fused-ring (bicyclic) bond motifs is 1. The number of pyridine rings is 1. The molecule has 0 bridgehead atoms. The third kappa shape index (κ3) is 3.31. The molecule has 0 unspecified atom stereocenters. The fourth-order valence-electron chi connectivity index (χ4n) is 3.19. The lowest BCUT2D eigenvalue weighted by atomic mass is 10.0. The molecule has 5 nitrogen and oxygen atoms in total. The Morgan fingerprint density at radius 1 is 1.32 bits per heavy atom. The summed E-state index contributed by atoms with van der Waals surface area (Å²) >= 11 is 0. The van der Waals surface area contributed by atoms with Crippen LogP contribution in [-0.2, 0) is 17.6 Å². The van der Waals surface area contributed by atoms with Crippen molar-refractivity contribution in [1.82, 2.24) is 4.98 Å². The molecule has 1 N–H and O–H groups in total. The zero-order valence-corrected chi connectivity index (χ0v) is 14.3. The maximum absolute atomic E-state index is 13.0. The van der Waals surface area contributed by atoms with Crippen LogP contribution in [-0.4, -0.2) is 24.5 Å². The van der Waals surface area contributed by atoms with E-state index < -0.39 is 0 Å². The Morgan fingerprint density at radius 2 is 2.00 bits per heavy atom. The third-order valence-electron chi connectivity index (χ3n) is 4.58. The van der Waals surface area contributed by atoms with Crippen molar-refractivity contribution in [2.45, 2.75) is 26.2 Å². The predicted molar refractivity (Wildman–Crippen MR) is 94.0 cm³/mol. The number of nitrogens with one attached hydrogen (secondary N) is 1. The van der Waals surface area contributed by atoms with Crippen LogP contribution in [0.15, 0.2) is 24.3 Å². The summed E-state index contributed by atoms with van der Waals surface area (Å²) in [5.41, 5.74) is 4.27. The smallest absolute Gasteiger partial charge is 0.246 e. The molecule has 0 fully saturated rings. The van der Waals surface area contributed by atoms with Crippen LogP contribution >= 0.6 is 0 Å². The SMILES string of the molecule is Cc1nc(NCC(=O)N(C)c2ccc(F)cc2)c(C#N)c2c1CCC2. The van der Waals surface area contributed by atoms with Gasteiger partial charge >= 0.3 is 0 Å². The molecule has 1 heterocycles. The van der Waals surface area contributed by atoms with Crippen molar-refractivity contribution >= 4 is 17.4 Å². The molecule has 0 saturated carbocycles. The van der Waals surface area contributed by atoms with Crippen molar-refractivity contribution in [1.29, 1.82) is 5.26 Å². The largest absolute Gasteiger partial charge is 0.360 e. The molecule has 1 aliphatic rings. The van der Waals surface area contributed by atoms with Gasteiger partial charge in [-0.05, 0) is 61.6 Å². The van der Waals surface area contributed by atoms with E-state index in [9.17, 15) is 14.4 Å². The van der Waals surface area contributed by atoms with E-state index in [1.807, 2.05) is 6.92 Å². The van der Waals surface area contributed by atoms with Gasteiger partial charge in [-0.2, -0.15) is 5.26 Å². The van der Waals surface area contributed by atoms with Crippen LogP contribution in [0.25, 0.3) is 0 Å². The number of amides is 1. The topological polar surface area (TPSA) is 69.0 Å². The summed E-state index contributed by atoms with van der Waals surface area (Å²) in [6, 6.07) is 7.94. The fraction of sp³-hybridized carbons (Fsp3) is 0.316. The van der Waals surface area contributed by atoms with Crippen molar-refractivity contribution < 1.29 is 9.18 Å². The highest BCUT2D eigenvalue weighted by atomic mass is 19.1. The van der Waals surface area contributed by atoms with Gasteiger partial charge in [0.1, 0.15) is 17.7 Å². The Bertz CT molecular complexity index is 855. The number of aromatic nitrogens is 1. The maximum Gasteiger partial charge on any atom is 0.246 e. The third-order valence-corrected chi connectivity index (χ3v) is 4.58. The minimum absolute atomic E-state index is 0.00772. The average Bonchev–Trinajstić information content (AvgIpc) is 3.10. The van der Waals surface area contributed by atoms with Gasteiger partial charge in [-0.25, -0.2) is 9.37 Å². The summed E-state index contributed by atoms with van der Waals surface area (Å²) in [5.74, 6) is -0.0869. The van der Waals surface area contributed by atoms with Crippen LogP contribution in [0.4, 0.5) is 15.9 Å². The summed E-state index contributed by atoms with van der Waals surface area (Å²) in [4.78, 5) is 18.3. The van der Waals surface area contributed by atoms with Gasteiger partial charge in [-0.1, -0.05) is 0 Å². The first-order valence-corrected chi connectivity index (χ1v) is 8.19. The number of anilines is 2. The van der Waals surface area contributed by atoms with Gasteiger partial charge in [-0.3, -0.25) is 4.79 Å². The minimum atomic E-state index is -0.348. The highest BCUT2D eigenvalue weighted by molar-refractivity contribution is 5.95. The number of nitrogens with zero attached hydrogens (tertiary/aromatic N) is 3. The van der Waals surface area contributed by atoms with Gasteiger partial charge in [0.05, 0.1) is 12.1 Å². The average molecular weight is 338 g/mol. The monoisotopic (exact) mass is 338 g/mol. The van der Waals surface area contributed by atoms with Crippen LogP contribution < -0.4 is 10.2 Å².